The minimum absolute atomic E-state index is 0.0186. The molecule has 0 spiro atoms. The number of rotatable bonds is 10. The van der Waals surface area contributed by atoms with Gasteiger partial charge in [-0.05, 0) is 144 Å². The maximum absolute atomic E-state index is 6.12. The zero-order chi connectivity index (χ0) is 43.3. The zero-order valence-electron chi connectivity index (χ0n) is 35.9. The molecule has 2 unspecified atom stereocenters. The van der Waals surface area contributed by atoms with Crippen molar-refractivity contribution in [2.75, 3.05) is 24.2 Å². The highest BCUT2D eigenvalue weighted by Crippen LogP contribution is 2.41. The summed E-state index contributed by atoms with van der Waals surface area (Å²) < 4.78 is 23.2. The Balaban J connectivity index is 0.882. The minimum atomic E-state index is -0.0186. The zero-order valence-corrected chi connectivity index (χ0v) is 35.9. The fourth-order valence-electron chi connectivity index (χ4n) is 8.71. The fourth-order valence-corrected chi connectivity index (χ4v) is 8.71. The highest BCUT2D eigenvalue weighted by molar-refractivity contribution is 6.06. The molecule has 11 rings (SSSR count). The number of anilines is 2. The molecule has 2 aliphatic rings. The maximum atomic E-state index is 6.12. The van der Waals surface area contributed by atoms with Gasteiger partial charge in [0.1, 0.15) is 22.5 Å². The van der Waals surface area contributed by atoms with E-state index < -0.39 is 0 Å². The van der Waals surface area contributed by atoms with Crippen molar-refractivity contribution in [2.24, 2.45) is 10.2 Å². The van der Waals surface area contributed by atoms with Gasteiger partial charge >= 0.3 is 0 Å². The molecule has 4 heterocycles. The van der Waals surface area contributed by atoms with Crippen LogP contribution in [0.3, 0.4) is 0 Å². The van der Waals surface area contributed by atoms with E-state index >= 15 is 0 Å². The van der Waals surface area contributed by atoms with Crippen LogP contribution in [-0.2, 0) is 0 Å². The van der Waals surface area contributed by atoms with Crippen molar-refractivity contribution >= 4 is 45.0 Å². The average Bonchev–Trinajstić information content (AvgIpc) is 4.17. The Morgan fingerprint density at radius 2 is 0.828 bits per heavy atom. The van der Waals surface area contributed by atoms with Crippen molar-refractivity contribution < 1.29 is 18.3 Å². The molecule has 2 atom stereocenters. The molecular weight excluding hydrogens is 797 g/mol. The molecular formula is C54H44N6O4. The van der Waals surface area contributed by atoms with Gasteiger partial charge in [-0.15, -0.1) is 0 Å². The first-order valence-electron chi connectivity index (χ1n) is 21.4. The summed E-state index contributed by atoms with van der Waals surface area (Å²) in [7, 11) is 3.38. The van der Waals surface area contributed by atoms with Gasteiger partial charge in [0.25, 0.3) is 0 Å². The molecule has 9 aromatic rings. The number of aromatic nitrogens is 2. The third kappa shape index (κ3) is 7.32. The fraction of sp³-hybridized carbons (Fsp3) is 0.148. The topological polar surface area (TPSA) is 102 Å². The predicted molar refractivity (Wildman–Crippen MR) is 254 cm³/mol. The molecule has 0 saturated heterocycles. The van der Waals surface area contributed by atoms with Crippen molar-refractivity contribution in [1.82, 2.24) is 9.97 Å². The molecule has 64 heavy (non-hydrogen) atoms. The van der Waals surface area contributed by atoms with Crippen molar-refractivity contribution in [3.05, 3.63) is 191 Å². The number of nitrogens with zero attached hydrogens (tertiary/aromatic N) is 6. The molecule has 0 saturated carbocycles. The predicted octanol–water partition coefficient (Wildman–Crippen LogP) is 12.6. The molecule has 0 fully saturated rings. The van der Waals surface area contributed by atoms with Crippen molar-refractivity contribution in [2.45, 2.75) is 38.8 Å². The van der Waals surface area contributed by atoms with E-state index in [2.05, 4.69) is 121 Å². The summed E-state index contributed by atoms with van der Waals surface area (Å²) in [5, 5.41) is 14.8. The Bertz CT molecular complexity index is 2990. The van der Waals surface area contributed by atoms with Crippen LogP contribution in [0.1, 0.15) is 58.3 Å². The number of ether oxygens (including phenoxy) is 2. The average molecular weight is 841 g/mol. The largest absolute Gasteiger partial charge is 0.497 e. The van der Waals surface area contributed by atoms with Crippen molar-refractivity contribution in [1.29, 1.82) is 0 Å². The smallest absolute Gasteiger partial charge is 0.227 e. The lowest BCUT2D eigenvalue weighted by Crippen LogP contribution is -2.18. The first-order chi connectivity index (χ1) is 31.3. The first kappa shape index (κ1) is 38.9. The number of hydrogen-bond acceptors (Lipinski definition) is 10. The second-order valence-electron chi connectivity index (χ2n) is 16.4. The molecule has 2 aromatic heterocycles. The lowest BCUT2D eigenvalue weighted by molar-refractivity contribution is 0.414. The molecule has 7 aromatic carbocycles. The molecule has 0 radical (unpaired) electrons. The maximum Gasteiger partial charge on any atom is 0.227 e. The Kier molecular flexibility index (Phi) is 9.76. The molecule has 314 valence electrons. The molecule has 0 bridgehead atoms. The number of hydrazone groups is 2. The third-order valence-electron chi connectivity index (χ3n) is 12.2. The summed E-state index contributed by atoms with van der Waals surface area (Å²) in [6, 6.07) is 53.9. The van der Waals surface area contributed by atoms with Crippen LogP contribution in [0.2, 0.25) is 0 Å². The van der Waals surface area contributed by atoms with Crippen molar-refractivity contribution in [3.63, 3.8) is 0 Å². The van der Waals surface area contributed by atoms with Gasteiger partial charge in [-0.1, -0.05) is 60.7 Å². The Morgan fingerprint density at radius 1 is 0.453 bits per heavy atom. The highest BCUT2D eigenvalue weighted by Gasteiger charge is 2.32. The van der Waals surface area contributed by atoms with Crippen LogP contribution >= 0.6 is 0 Å². The molecule has 10 nitrogen and oxygen atoms in total. The number of benzene rings is 7. The molecule has 2 aliphatic heterocycles. The van der Waals surface area contributed by atoms with Gasteiger partial charge in [0, 0.05) is 24.0 Å². The normalized spacial score (nSPS) is 16.1. The van der Waals surface area contributed by atoms with Crippen LogP contribution in [0.5, 0.6) is 11.5 Å². The van der Waals surface area contributed by atoms with E-state index in [9.17, 15) is 0 Å². The van der Waals surface area contributed by atoms with E-state index in [0.29, 0.717) is 11.8 Å². The van der Waals surface area contributed by atoms with Crippen LogP contribution in [-0.4, -0.2) is 35.6 Å². The van der Waals surface area contributed by atoms with Crippen LogP contribution in [0, 0.1) is 13.8 Å². The summed E-state index contributed by atoms with van der Waals surface area (Å²) in [6.07, 6.45) is 1.46. The van der Waals surface area contributed by atoms with E-state index in [4.69, 9.17) is 38.5 Å². The second kappa shape index (κ2) is 16.0. The molecule has 0 N–H and O–H groups in total. The quantitative estimate of drug-likeness (QED) is 0.134. The molecule has 0 aliphatic carbocycles. The third-order valence-corrected chi connectivity index (χ3v) is 12.2. The van der Waals surface area contributed by atoms with Crippen LogP contribution in [0.4, 0.5) is 11.4 Å². The summed E-state index contributed by atoms with van der Waals surface area (Å²) in [6.45, 7) is 4.12. The summed E-state index contributed by atoms with van der Waals surface area (Å²) >= 11 is 0. The number of methoxy groups -OCH3 is 2. The van der Waals surface area contributed by atoms with Gasteiger partial charge in [-0.25, -0.2) is 9.97 Å². The second-order valence-corrected chi connectivity index (χ2v) is 16.4. The summed E-state index contributed by atoms with van der Waals surface area (Å²) in [4.78, 5) is 9.53. The minimum Gasteiger partial charge on any atom is -0.497 e. The van der Waals surface area contributed by atoms with Gasteiger partial charge in [0.15, 0.2) is 11.2 Å². The molecule has 0 amide bonds. The van der Waals surface area contributed by atoms with E-state index in [1.165, 1.54) is 0 Å². The number of oxazole rings is 2. The van der Waals surface area contributed by atoms with Gasteiger partial charge in [-0.2, -0.15) is 10.2 Å². The Hall–Kier alpha value is -7.98. The van der Waals surface area contributed by atoms with E-state index in [1.54, 1.807) is 14.2 Å². The van der Waals surface area contributed by atoms with Gasteiger partial charge in [0.2, 0.25) is 11.8 Å². The van der Waals surface area contributed by atoms with Crippen LogP contribution < -0.4 is 19.5 Å². The van der Waals surface area contributed by atoms with Gasteiger partial charge < -0.3 is 18.3 Å². The van der Waals surface area contributed by atoms with Crippen LogP contribution in [0.25, 0.3) is 45.1 Å². The summed E-state index contributed by atoms with van der Waals surface area (Å²) in [5.41, 5.74) is 15.8. The van der Waals surface area contributed by atoms with E-state index in [0.717, 1.165) is 114 Å². The number of hydrogen-bond donors (Lipinski definition) is 0. The van der Waals surface area contributed by atoms with Crippen LogP contribution in [0.15, 0.2) is 177 Å². The lowest BCUT2D eigenvalue weighted by atomic mass is 9.95. The van der Waals surface area contributed by atoms with Crippen molar-refractivity contribution in [3.8, 4) is 34.4 Å². The number of fused-ring (bicyclic) bond motifs is 2. The van der Waals surface area contributed by atoms with Gasteiger partial charge in [-0.3, -0.25) is 10.0 Å². The standard InChI is InChI=1S/C54H44N6O4/c1-33-5-27-51-47(29-33)55-53(63-51)39-11-19-41(20-12-39)59-49(37-15-23-43(61-3)24-16-37)31-45(57-59)35-7-9-36(10-8-35)46-32-50(38-17-25-44(62-4)26-18-38)60(58-46)42-21-13-40(14-22-42)54-56-48-30-34(2)6-28-52(48)64-54/h5-30,49-50H,31-32H2,1-4H3. The Morgan fingerprint density at radius 3 is 1.20 bits per heavy atom. The lowest BCUT2D eigenvalue weighted by Gasteiger charge is -2.24. The number of aryl methyl sites for hydroxylation is 2. The van der Waals surface area contributed by atoms with E-state index in [-0.39, 0.29) is 12.1 Å². The SMILES string of the molecule is COc1ccc(C2CC(c3ccc(C4=NN(c5ccc(-c6nc7cc(C)ccc7o6)cc5)C(c5ccc(OC)cc5)C4)cc3)=NN2c2ccc(-c3nc4cc(C)ccc4o3)cc2)cc1. The monoisotopic (exact) mass is 840 g/mol. The van der Waals surface area contributed by atoms with E-state index in [1.807, 2.05) is 60.7 Å². The Labute approximate surface area is 370 Å². The first-order valence-corrected chi connectivity index (χ1v) is 21.4. The summed E-state index contributed by atoms with van der Waals surface area (Å²) in [5.74, 6) is 2.83. The molecule has 10 heteroatoms. The van der Waals surface area contributed by atoms with Gasteiger partial charge in [0.05, 0.1) is 49.1 Å². The highest BCUT2D eigenvalue weighted by atomic mass is 16.5.